The number of rotatable bonds is 12. The molecule has 4 amide bonds. The third-order valence-electron chi connectivity index (χ3n) is 9.76. The molecular weight excluding hydrogens is 701 g/mol. The van der Waals surface area contributed by atoms with Crippen molar-refractivity contribution in [3.63, 3.8) is 0 Å². The van der Waals surface area contributed by atoms with E-state index in [9.17, 15) is 19.2 Å². The Kier molecular flexibility index (Phi) is 12.8. The first-order chi connectivity index (χ1) is 24.9. The number of benzene rings is 1. The van der Waals surface area contributed by atoms with E-state index in [-0.39, 0.29) is 22.4 Å². The number of ether oxygens (including phenoxy) is 1. The van der Waals surface area contributed by atoms with Gasteiger partial charge in [-0.3, -0.25) is 19.2 Å². The zero-order chi connectivity index (χ0) is 37.4. The van der Waals surface area contributed by atoms with E-state index >= 15 is 13.2 Å². The molecule has 0 unspecified atom stereocenters. The Morgan fingerprint density at radius 1 is 0.981 bits per heavy atom. The van der Waals surface area contributed by atoms with Crippen LogP contribution in [0.2, 0.25) is 0 Å². The van der Waals surface area contributed by atoms with Gasteiger partial charge >= 0.3 is 5.92 Å². The molecule has 280 valence electrons. The van der Waals surface area contributed by atoms with Gasteiger partial charge in [-0.2, -0.15) is 8.78 Å². The van der Waals surface area contributed by atoms with Gasteiger partial charge in [0.1, 0.15) is 22.8 Å². The number of carbonyl (C=O) groups is 4. The molecular formula is C35H43F3N8O5S. The third-order valence-corrected chi connectivity index (χ3v) is 10.4. The van der Waals surface area contributed by atoms with Gasteiger partial charge in [-0.1, -0.05) is 43.2 Å². The van der Waals surface area contributed by atoms with Gasteiger partial charge in [-0.05, 0) is 61.1 Å². The molecule has 3 N–H and O–H groups in total. The molecule has 5 rings (SSSR count). The van der Waals surface area contributed by atoms with Crippen LogP contribution in [0.3, 0.4) is 0 Å². The number of pyridine rings is 1. The van der Waals surface area contributed by atoms with Crippen molar-refractivity contribution in [3.05, 3.63) is 64.5 Å². The molecule has 1 aliphatic heterocycles. The van der Waals surface area contributed by atoms with Gasteiger partial charge in [-0.15, -0.1) is 5.10 Å². The van der Waals surface area contributed by atoms with E-state index in [0.717, 1.165) is 55.5 Å². The zero-order valence-corrected chi connectivity index (χ0v) is 30.1. The second-order valence-corrected chi connectivity index (χ2v) is 14.0. The lowest BCUT2D eigenvalue weighted by Gasteiger charge is -2.36. The maximum atomic E-state index is 15.8. The summed E-state index contributed by atoms with van der Waals surface area (Å²) in [4.78, 5) is 61.3. The van der Waals surface area contributed by atoms with Crippen molar-refractivity contribution in [2.75, 3.05) is 45.7 Å². The lowest BCUT2D eigenvalue weighted by Crippen LogP contribution is -2.55. The van der Waals surface area contributed by atoms with Crippen LogP contribution in [0, 0.1) is 11.7 Å². The molecule has 2 aliphatic rings. The van der Waals surface area contributed by atoms with Crippen LogP contribution in [0.4, 0.5) is 18.9 Å². The van der Waals surface area contributed by atoms with Crippen molar-refractivity contribution in [3.8, 4) is 5.88 Å². The van der Waals surface area contributed by atoms with Crippen molar-refractivity contribution in [2.45, 2.75) is 69.4 Å². The maximum absolute atomic E-state index is 15.8. The summed E-state index contributed by atoms with van der Waals surface area (Å²) in [6, 6.07) is 3.80. The van der Waals surface area contributed by atoms with Crippen LogP contribution < -0.4 is 20.7 Å². The topological polar surface area (TPSA) is 159 Å². The molecule has 2 fully saturated rings. The van der Waals surface area contributed by atoms with Gasteiger partial charge in [0.05, 0.1) is 19.0 Å². The Labute approximate surface area is 303 Å². The average molecular weight is 745 g/mol. The average Bonchev–Trinajstić information content (AvgIpc) is 3.56. The number of amides is 4. The number of aromatic nitrogens is 3. The van der Waals surface area contributed by atoms with Gasteiger partial charge in [0, 0.05) is 49.9 Å². The number of hydrogen-bond acceptors (Lipinski definition) is 10. The molecule has 0 spiro atoms. The second kappa shape index (κ2) is 17.3. The summed E-state index contributed by atoms with van der Waals surface area (Å²) >= 11 is 0.877. The predicted molar refractivity (Wildman–Crippen MR) is 186 cm³/mol. The Balaban J connectivity index is 1.35. The van der Waals surface area contributed by atoms with Crippen LogP contribution in [0.5, 0.6) is 5.88 Å². The van der Waals surface area contributed by atoms with Crippen molar-refractivity contribution < 1.29 is 37.1 Å². The van der Waals surface area contributed by atoms with Crippen molar-refractivity contribution in [1.82, 2.24) is 35.0 Å². The molecule has 0 radical (unpaired) electrons. The molecule has 3 atom stereocenters. The van der Waals surface area contributed by atoms with Crippen LogP contribution in [0.25, 0.3) is 0 Å². The lowest BCUT2D eigenvalue weighted by molar-refractivity contribution is -0.149. The second-order valence-electron chi connectivity index (χ2n) is 13.2. The van der Waals surface area contributed by atoms with Gasteiger partial charge in [0.15, 0.2) is 0 Å². The Morgan fingerprint density at radius 2 is 1.69 bits per heavy atom. The molecule has 2 aromatic heterocycles. The first-order valence-electron chi connectivity index (χ1n) is 17.2. The van der Waals surface area contributed by atoms with Gasteiger partial charge < -0.3 is 30.5 Å². The highest BCUT2D eigenvalue weighted by Gasteiger charge is 2.44. The first kappa shape index (κ1) is 38.6. The summed E-state index contributed by atoms with van der Waals surface area (Å²) in [7, 11) is 3.28. The van der Waals surface area contributed by atoms with Gasteiger partial charge in [0.25, 0.3) is 11.8 Å². The summed E-state index contributed by atoms with van der Waals surface area (Å²) in [6.07, 6.45) is 6.45. The number of piperazine rings is 1. The van der Waals surface area contributed by atoms with E-state index in [1.165, 1.54) is 31.5 Å². The SMILES string of the molecule is COc1ccc(C(F)(F)C(=O)N[C@H](C(=O)Nc2ccc([C@H](C)[C@@H](NC(=O)c3cnns3)C(=O)N3CCN(C)CC3)cc2F)C2CCCCCC2)cn1. The normalized spacial score (nSPS) is 17.7. The minimum atomic E-state index is -4.02. The minimum absolute atomic E-state index is 0.0912. The van der Waals surface area contributed by atoms with Crippen molar-refractivity contribution in [2.24, 2.45) is 5.92 Å². The highest BCUT2D eigenvalue weighted by Crippen LogP contribution is 2.32. The molecule has 13 nitrogen and oxygen atoms in total. The summed E-state index contributed by atoms with van der Waals surface area (Å²) < 4.78 is 55.1. The molecule has 17 heteroatoms. The minimum Gasteiger partial charge on any atom is -0.481 e. The van der Waals surface area contributed by atoms with E-state index in [2.05, 4.69) is 35.4 Å². The molecule has 1 saturated heterocycles. The third kappa shape index (κ3) is 9.23. The summed E-state index contributed by atoms with van der Waals surface area (Å²) in [5, 5.41) is 11.2. The molecule has 3 heterocycles. The number of carbonyl (C=O) groups excluding carboxylic acids is 4. The van der Waals surface area contributed by atoms with Gasteiger partial charge in [0.2, 0.25) is 17.7 Å². The molecule has 1 aromatic carbocycles. The Bertz CT molecular complexity index is 1700. The van der Waals surface area contributed by atoms with E-state index in [1.807, 2.05) is 7.05 Å². The Hall–Kier alpha value is -4.64. The van der Waals surface area contributed by atoms with Crippen LogP contribution in [-0.4, -0.2) is 100 Å². The molecule has 1 saturated carbocycles. The molecule has 1 aliphatic carbocycles. The summed E-state index contributed by atoms with van der Waals surface area (Å²) in [6.45, 7) is 3.91. The fourth-order valence-electron chi connectivity index (χ4n) is 6.51. The van der Waals surface area contributed by atoms with Crippen LogP contribution in [0.15, 0.2) is 42.7 Å². The van der Waals surface area contributed by atoms with E-state index < -0.39 is 58.9 Å². The molecule has 3 aromatic rings. The van der Waals surface area contributed by atoms with E-state index in [1.54, 1.807) is 11.8 Å². The van der Waals surface area contributed by atoms with E-state index in [4.69, 9.17) is 4.74 Å². The van der Waals surface area contributed by atoms with Crippen LogP contribution >= 0.6 is 11.5 Å². The highest BCUT2D eigenvalue weighted by atomic mass is 32.1. The number of hydrogen-bond donors (Lipinski definition) is 3. The number of nitrogens with one attached hydrogen (secondary N) is 3. The summed E-state index contributed by atoms with van der Waals surface area (Å²) in [5.41, 5.74) is -0.542. The van der Waals surface area contributed by atoms with Crippen LogP contribution in [0.1, 0.15) is 72.2 Å². The van der Waals surface area contributed by atoms with Crippen molar-refractivity contribution in [1.29, 1.82) is 0 Å². The number of alkyl halides is 2. The predicted octanol–water partition coefficient (Wildman–Crippen LogP) is 3.94. The fourth-order valence-corrected chi connectivity index (χ4v) is 6.93. The van der Waals surface area contributed by atoms with Crippen LogP contribution in [-0.2, 0) is 20.3 Å². The first-order valence-corrected chi connectivity index (χ1v) is 18.0. The Morgan fingerprint density at radius 3 is 2.29 bits per heavy atom. The molecule has 52 heavy (non-hydrogen) atoms. The quantitative estimate of drug-likeness (QED) is 0.234. The number of methoxy groups -OCH3 is 1. The largest absolute Gasteiger partial charge is 0.481 e. The van der Waals surface area contributed by atoms with Gasteiger partial charge in [-0.25, -0.2) is 9.37 Å². The number of likely N-dealkylation sites (N-methyl/N-ethyl adjacent to an activating group) is 1. The number of halogens is 3. The summed E-state index contributed by atoms with van der Waals surface area (Å²) in [5.74, 6) is -9.32. The van der Waals surface area contributed by atoms with Crippen molar-refractivity contribution >= 4 is 40.8 Å². The maximum Gasteiger partial charge on any atom is 0.351 e. The smallest absolute Gasteiger partial charge is 0.351 e. The number of nitrogens with zero attached hydrogens (tertiary/aromatic N) is 5. The fraction of sp³-hybridized carbons (Fsp3) is 0.514. The monoisotopic (exact) mass is 744 g/mol. The van der Waals surface area contributed by atoms with E-state index in [0.29, 0.717) is 44.6 Å². The highest BCUT2D eigenvalue weighted by molar-refractivity contribution is 7.07. The lowest BCUT2D eigenvalue weighted by atomic mass is 9.90. The zero-order valence-electron chi connectivity index (χ0n) is 29.2. The number of anilines is 1. The molecule has 0 bridgehead atoms. The standard InChI is InChI=1S/C35H43F3N8O5S/c1-21(29(42-31(47)27-20-40-44-52-27)33(49)46-16-14-45(2)15-17-46)23-10-12-26(25(36)18-23)41-32(48)30(22-8-6-4-5-7-9-22)43-34(50)35(37,38)24-11-13-28(51-3)39-19-24/h10-13,18-22,29-30H,4-9,14-17H2,1-3H3,(H,41,48)(H,42,47)(H,43,50)/t21-,29+,30-/m0/s1.